The van der Waals surface area contributed by atoms with E-state index < -0.39 is 6.10 Å². The molecule has 0 spiro atoms. The standard InChI is InChI=1S/C31H36N2O3/c1-21(2)15-17-32-30(34)23(4)36-27-14-13-24-16-18-33(31(35)25-10-6-5-7-11-25)29(28(24)20-27)26-12-8-9-22(3)19-26/h5-14,19-21,23,29H,15-18H2,1-4H3,(H,32,34)/t23-,29+/m1/s1. The van der Waals surface area contributed by atoms with Crippen LogP contribution in [0, 0.1) is 12.8 Å². The monoisotopic (exact) mass is 484 g/mol. The Hall–Kier alpha value is -3.60. The summed E-state index contributed by atoms with van der Waals surface area (Å²) in [5.74, 6) is 1.05. The number of benzene rings is 3. The van der Waals surface area contributed by atoms with Gasteiger partial charge in [0.1, 0.15) is 5.75 Å². The fourth-order valence-corrected chi connectivity index (χ4v) is 4.72. The highest BCUT2D eigenvalue weighted by molar-refractivity contribution is 5.95. The number of ether oxygens (including phenoxy) is 1. The molecule has 0 radical (unpaired) electrons. The molecule has 0 bridgehead atoms. The lowest BCUT2D eigenvalue weighted by Crippen LogP contribution is -2.40. The smallest absolute Gasteiger partial charge is 0.260 e. The zero-order valence-electron chi connectivity index (χ0n) is 21.7. The summed E-state index contributed by atoms with van der Waals surface area (Å²) in [6.45, 7) is 9.38. The number of amides is 2. The summed E-state index contributed by atoms with van der Waals surface area (Å²) in [6.07, 6.45) is 1.08. The first-order chi connectivity index (χ1) is 17.3. The van der Waals surface area contributed by atoms with Gasteiger partial charge in [0.25, 0.3) is 11.8 Å². The number of nitrogens with zero attached hydrogens (tertiary/aromatic N) is 1. The van der Waals surface area contributed by atoms with E-state index in [0.29, 0.717) is 30.3 Å². The molecule has 0 saturated carbocycles. The van der Waals surface area contributed by atoms with Gasteiger partial charge in [0.15, 0.2) is 6.10 Å². The van der Waals surface area contributed by atoms with Crippen molar-refractivity contribution in [3.63, 3.8) is 0 Å². The molecule has 1 aliphatic heterocycles. The van der Waals surface area contributed by atoms with Crippen molar-refractivity contribution in [1.82, 2.24) is 10.2 Å². The van der Waals surface area contributed by atoms with Crippen molar-refractivity contribution in [3.05, 3.63) is 101 Å². The Kier molecular flexibility index (Phi) is 8.09. The Balaban J connectivity index is 1.64. The summed E-state index contributed by atoms with van der Waals surface area (Å²) in [7, 11) is 0. The van der Waals surface area contributed by atoms with E-state index in [1.807, 2.05) is 53.4 Å². The Morgan fingerprint density at radius 2 is 1.78 bits per heavy atom. The van der Waals surface area contributed by atoms with Crippen LogP contribution < -0.4 is 10.1 Å². The van der Waals surface area contributed by atoms with Gasteiger partial charge in [-0.05, 0) is 73.6 Å². The van der Waals surface area contributed by atoms with Gasteiger partial charge in [-0.25, -0.2) is 0 Å². The number of aryl methyl sites for hydroxylation is 1. The summed E-state index contributed by atoms with van der Waals surface area (Å²) in [4.78, 5) is 28.1. The van der Waals surface area contributed by atoms with E-state index in [4.69, 9.17) is 4.74 Å². The first kappa shape index (κ1) is 25.5. The zero-order valence-corrected chi connectivity index (χ0v) is 21.7. The molecular formula is C31H36N2O3. The van der Waals surface area contributed by atoms with Crippen LogP contribution in [0.3, 0.4) is 0 Å². The van der Waals surface area contributed by atoms with Gasteiger partial charge in [0.2, 0.25) is 0 Å². The topological polar surface area (TPSA) is 58.6 Å². The number of carbonyl (C=O) groups excluding carboxylic acids is 2. The summed E-state index contributed by atoms with van der Waals surface area (Å²) < 4.78 is 6.07. The second kappa shape index (κ2) is 11.4. The summed E-state index contributed by atoms with van der Waals surface area (Å²) in [6, 6.07) is 23.5. The van der Waals surface area contributed by atoms with E-state index in [1.54, 1.807) is 6.92 Å². The molecule has 3 aromatic carbocycles. The number of carbonyl (C=O) groups is 2. The number of rotatable bonds is 8. The van der Waals surface area contributed by atoms with Gasteiger partial charge >= 0.3 is 0 Å². The normalized spacial score (nSPS) is 15.8. The number of hydrogen-bond donors (Lipinski definition) is 1. The molecular weight excluding hydrogens is 448 g/mol. The van der Waals surface area contributed by atoms with Crippen LogP contribution in [0.5, 0.6) is 5.75 Å². The van der Waals surface area contributed by atoms with Crippen LogP contribution in [0.15, 0.2) is 72.8 Å². The molecule has 2 atom stereocenters. The molecule has 1 heterocycles. The molecule has 36 heavy (non-hydrogen) atoms. The quantitative estimate of drug-likeness (QED) is 0.445. The fourth-order valence-electron chi connectivity index (χ4n) is 4.72. The first-order valence-electron chi connectivity index (χ1n) is 12.8. The van der Waals surface area contributed by atoms with E-state index in [9.17, 15) is 9.59 Å². The highest BCUT2D eigenvalue weighted by atomic mass is 16.5. The van der Waals surface area contributed by atoms with Crippen LogP contribution >= 0.6 is 0 Å². The van der Waals surface area contributed by atoms with Gasteiger partial charge in [-0.15, -0.1) is 0 Å². The van der Waals surface area contributed by atoms with Crippen LogP contribution in [0.4, 0.5) is 0 Å². The summed E-state index contributed by atoms with van der Waals surface area (Å²) in [5, 5.41) is 2.96. The van der Waals surface area contributed by atoms with Crippen LogP contribution in [0.25, 0.3) is 0 Å². The highest BCUT2D eigenvalue weighted by Gasteiger charge is 2.33. The van der Waals surface area contributed by atoms with E-state index in [0.717, 1.165) is 29.5 Å². The van der Waals surface area contributed by atoms with Gasteiger partial charge in [0.05, 0.1) is 6.04 Å². The average molecular weight is 485 g/mol. The van der Waals surface area contributed by atoms with E-state index >= 15 is 0 Å². The molecule has 3 aromatic rings. The van der Waals surface area contributed by atoms with Crippen molar-refractivity contribution in [2.45, 2.75) is 52.7 Å². The molecule has 0 saturated heterocycles. The minimum Gasteiger partial charge on any atom is -0.481 e. The molecule has 2 amide bonds. The minimum atomic E-state index is -0.613. The predicted molar refractivity (Wildman–Crippen MR) is 143 cm³/mol. The molecule has 1 N–H and O–H groups in total. The third kappa shape index (κ3) is 5.96. The Morgan fingerprint density at radius 3 is 2.50 bits per heavy atom. The SMILES string of the molecule is Cc1cccc([C@H]2c3cc(O[C@H](C)C(=O)NCCC(C)C)ccc3CCN2C(=O)c2ccccc2)c1. The van der Waals surface area contributed by atoms with Crippen molar-refractivity contribution in [2.75, 3.05) is 13.1 Å². The Bertz CT molecular complexity index is 1210. The average Bonchev–Trinajstić information content (AvgIpc) is 2.87. The maximum atomic E-state index is 13.6. The Labute approximate surface area is 214 Å². The maximum absolute atomic E-state index is 13.6. The zero-order chi connectivity index (χ0) is 25.7. The summed E-state index contributed by atoms with van der Waals surface area (Å²) >= 11 is 0. The fraction of sp³-hybridized carbons (Fsp3) is 0.355. The molecule has 5 heteroatoms. The molecule has 0 aliphatic carbocycles. The lowest BCUT2D eigenvalue weighted by Gasteiger charge is -2.38. The van der Waals surface area contributed by atoms with Gasteiger partial charge in [-0.2, -0.15) is 0 Å². The van der Waals surface area contributed by atoms with Crippen molar-refractivity contribution >= 4 is 11.8 Å². The number of hydrogen-bond acceptors (Lipinski definition) is 3. The van der Waals surface area contributed by atoms with E-state index in [2.05, 4.69) is 50.4 Å². The third-order valence-corrected chi connectivity index (χ3v) is 6.69. The van der Waals surface area contributed by atoms with Crippen LogP contribution in [-0.2, 0) is 11.2 Å². The van der Waals surface area contributed by atoms with E-state index in [1.165, 1.54) is 5.56 Å². The van der Waals surface area contributed by atoms with Crippen LogP contribution in [-0.4, -0.2) is 35.9 Å². The predicted octanol–water partition coefficient (Wildman–Crippen LogP) is 5.71. The molecule has 1 aliphatic rings. The molecule has 0 unspecified atom stereocenters. The second-order valence-corrected chi connectivity index (χ2v) is 10.0. The van der Waals surface area contributed by atoms with Crippen molar-refractivity contribution in [1.29, 1.82) is 0 Å². The minimum absolute atomic E-state index is 0.0111. The van der Waals surface area contributed by atoms with Gasteiger partial charge in [-0.3, -0.25) is 9.59 Å². The summed E-state index contributed by atoms with van der Waals surface area (Å²) in [5.41, 5.74) is 5.13. The molecule has 4 rings (SSSR count). The van der Waals surface area contributed by atoms with Crippen molar-refractivity contribution in [3.8, 4) is 5.75 Å². The third-order valence-electron chi connectivity index (χ3n) is 6.69. The van der Waals surface area contributed by atoms with E-state index in [-0.39, 0.29) is 17.9 Å². The lowest BCUT2D eigenvalue weighted by molar-refractivity contribution is -0.127. The highest BCUT2D eigenvalue weighted by Crippen LogP contribution is 2.38. The number of fused-ring (bicyclic) bond motifs is 1. The van der Waals surface area contributed by atoms with Crippen LogP contribution in [0.2, 0.25) is 0 Å². The lowest BCUT2D eigenvalue weighted by atomic mass is 9.87. The number of nitrogens with one attached hydrogen (secondary N) is 1. The van der Waals surface area contributed by atoms with Crippen molar-refractivity contribution < 1.29 is 14.3 Å². The maximum Gasteiger partial charge on any atom is 0.260 e. The first-order valence-corrected chi connectivity index (χ1v) is 12.8. The van der Waals surface area contributed by atoms with Gasteiger partial charge < -0.3 is 15.0 Å². The van der Waals surface area contributed by atoms with Crippen LogP contribution in [0.1, 0.15) is 65.8 Å². The van der Waals surface area contributed by atoms with Gasteiger partial charge in [-0.1, -0.05) is 67.9 Å². The largest absolute Gasteiger partial charge is 0.481 e. The van der Waals surface area contributed by atoms with Gasteiger partial charge in [0, 0.05) is 18.7 Å². The molecule has 0 aromatic heterocycles. The Morgan fingerprint density at radius 1 is 1.00 bits per heavy atom. The molecule has 0 fully saturated rings. The van der Waals surface area contributed by atoms with Crippen molar-refractivity contribution in [2.24, 2.45) is 5.92 Å². The molecule has 188 valence electrons. The second-order valence-electron chi connectivity index (χ2n) is 10.0. The molecule has 5 nitrogen and oxygen atoms in total.